The second kappa shape index (κ2) is 7.94. The summed E-state index contributed by atoms with van der Waals surface area (Å²) in [7, 11) is 0. The van der Waals surface area contributed by atoms with Gasteiger partial charge >= 0.3 is 0 Å². The summed E-state index contributed by atoms with van der Waals surface area (Å²) < 4.78 is 4.89. The van der Waals surface area contributed by atoms with Gasteiger partial charge in [-0.05, 0) is 64.7 Å². The topological polar surface area (TPSA) is 8.82 Å². The van der Waals surface area contributed by atoms with Gasteiger partial charge in [-0.25, -0.2) is 0 Å². The fourth-order valence-electron chi connectivity index (χ4n) is 8.10. The summed E-state index contributed by atoms with van der Waals surface area (Å²) in [4.78, 5) is 0. The van der Waals surface area contributed by atoms with Crippen LogP contribution in [0, 0.1) is 0 Å². The molecule has 4 aromatic heterocycles. The highest BCUT2D eigenvalue weighted by molar-refractivity contribution is 6.24. The lowest BCUT2D eigenvalue weighted by atomic mass is 9.96. The van der Waals surface area contributed by atoms with Crippen LogP contribution in [0.3, 0.4) is 0 Å². The second-order valence-electron chi connectivity index (χ2n) is 12.2. The largest absolute Gasteiger partial charge is 0.308 e. The Bertz CT molecular complexity index is 2740. The van der Waals surface area contributed by atoms with Crippen molar-refractivity contribution in [2.75, 3.05) is 0 Å². The van der Waals surface area contributed by atoms with E-state index in [-0.39, 0.29) is 0 Å². The van der Waals surface area contributed by atoms with Crippen LogP contribution in [0.25, 0.3) is 98.4 Å². The van der Waals surface area contributed by atoms with Gasteiger partial charge in [-0.2, -0.15) is 0 Å². The molecule has 11 rings (SSSR count). The summed E-state index contributed by atoms with van der Waals surface area (Å²) in [5.41, 5.74) is 12.7. The van der Waals surface area contributed by atoms with Crippen molar-refractivity contribution in [1.82, 2.24) is 8.80 Å². The van der Waals surface area contributed by atoms with E-state index < -0.39 is 0 Å². The third-order valence-electron chi connectivity index (χ3n) is 9.97. The van der Waals surface area contributed by atoms with Crippen molar-refractivity contribution in [2.45, 2.75) is 0 Å². The van der Waals surface area contributed by atoms with Crippen LogP contribution in [-0.2, 0) is 0 Å². The SMILES string of the molecule is c1cc(-c2ccc3c(c2)c2cccc4c5ccccc5n3c42)cc(-c2ccc3c(c2)c2cccc4c5ccccc5n3c42)c1. The van der Waals surface area contributed by atoms with Gasteiger partial charge in [-0.15, -0.1) is 0 Å². The van der Waals surface area contributed by atoms with E-state index in [0.29, 0.717) is 0 Å². The molecule has 2 heteroatoms. The van der Waals surface area contributed by atoms with Crippen LogP contribution in [0.2, 0.25) is 0 Å². The molecule has 0 spiro atoms. The zero-order valence-electron chi connectivity index (χ0n) is 23.8. The van der Waals surface area contributed by atoms with Crippen LogP contribution in [0.5, 0.6) is 0 Å². The molecule has 0 aliphatic heterocycles. The molecule has 0 bridgehead atoms. The van der Waals surface area contributed by atoms with Crippen molar-refractivity contribution >= 4 is 76.2 Å². The predicted molar refractivity (Wildman–Crippen MR) is 187 cm³/mol. The van der Waals surface area contributed by atoms with Gasteiger partial charge in [0.2, 0.25) is 0 Å². The van der Waals surface area contributed by atoms with E-state index >= 15 is 0 Å². The maximum Gasteiger partial charge on any atom is 0.0620 e. The molecular formula is C42H24N2. The normalized spacial score (nSPS) is 12.5. The van der Waals surface area contributed by atoms with Crippen molar-refractivity contribution < 1.29 is 0 Å². The summed E-state index contributed by atoms with van der Waals surface area (Å²) >= 11 is 0. The van der Waals surface area contributed by atoms with Crippen molar-refractivity contribution in [3.63, 3.8) is 0 Å². The fraction of sp³-hybridized carbons (Fsp3) is 0. The molecule has 11 aromatic rings. The number of hydrogen-bond acceptors (Lipinski definition) is 0. The third kappa shape index (κ3) is 2.72. The standard InChI is InChI=1S/C42H24N2/c1-3-16-37-29(10-1)31-12-6-14-33-35-23-27(18-20-39(35)43(37)41(31)33)25-8-5-9-26(22-25)28-19-21-40-36(24-28)34-15-7-13-32-30-11-2-4-17-38(30)44(40)42(32)34/h1-24H. The third-order valence-corrected chi connectivity index (χ3v) is 9.97. The minimum atomic E-state index is 1.23. The molecule has 44 heavy (non-hydrogen) atoms. The van der Waals surface area contributed by atoms with E-state index in [0.717, 1.165) is 0 Å². The molecule has 0 unspecified atom stereocenters. The maximum atomic E-state index is 2.44. The molecule has 0 saturated carbocycles. The first-order valence-electron chi connectivity index (χ1n) is 15.3. The van der Waals surface area contributed by atoms with Crippen LogP contribution >= 0.6 is 0 Å². The molecule has 2 nitrogen and oxygen atoms in total. The molecule has 0 saturated heterocycles. The zero-order valence-corrected chi connectivity index (χ0v) is 23.8. The van der Waals surface area contributed by atoms with Crippen LogP contribution in [0.15, 0.2) is 146 Å². The van der Waals surface area contributed by atoms with Crippen molar-refractivity contribution in [3.8, 4) is 22.3 Å². The Balaban J connectivity index is 1.09. The van der Waals surface area contributed by atoms with E-state index in [4.69, 9.17) is 0 Å². The first-order chi connectivity index (χ1) is 21.8. The van der Waals surface area contributed by atoms with E-state index in [1.807, 2.05) is 0 Å². The zero-order chi connectivity index (χ0) is 28.5. The van der Waals surface area contributed by atoms with Gasteiger partial charge in [0.25, 0.3) is 0 Å². The highest BCUT2D eigenvalue weighted by Gasteiger charge is 2.19. The quantitative estimate of drug-likeness (QED) is 0.200. The number of fused-ring (bicyclic) bond motifs is 12. The molecule has 0 radical (unpaired) electrons. The Kier molecular flexibility index (Phi) is 4.10. The van der Waals surface area contributed by atoms with Gasteiger partial charge in [0.15, 0.2) is 0 Å². The smallest absolute Gasteiger partial charge is 0.0620 e. The van der Waals surface area contributed by atoms with Crippen molar-refractivity contribution in [1.29, 1.82) is 0 Å². The van der Waals surface area contributed by atoms with Crippen LogP contribution in [0.4, 0.5) is 0 Å². The average molecular weight is 557 g/mol. The average Bonchev–Trinajstić information content (AvgIpc) is 3.81. The molecule has 7 aromatic carbocycles. The number of aromatic nitrogens is 2. The summed E-state index contributed by atoms with van der Waals surface area (Å²) in [6.07, 6.45) is 0. The Morgan fingerprint density at radius 1 is 0.250 bits per heavy atom. The summed E-state index contributed by atoms with van der Waals surface area (Å²) in [5, 5.41) is 10.5. The van der Waals surface area contributed by atoms with Crippen LogP contribution in [-0.4, -0.2) is 8.80 Å². The minimum absolute atomic E-state index is 1.23. The highest BCUT2D eigenvalue weighted by atomic mass is 14.9. The molecular weight excluding hydrogens is 532 g/mol. The Morgan fingerprint density at radius 3 is 1.11 bits per heavy atom. The lowest BCUT2D eigenvalue weighted by Gasteiger charge is -2.08. The second-order valence-corrected chi connectivity index (χ2v) is 12.2. The molecule has 4 heterocycles. The Hall–Kier alpha value is -5.86. The molecule has 0 aliphatic rings. The highest BCUT2D eigenvalue weighted by Crippen LogP contribution is 2.42. The molecule has 0 N–H and O–H groups in total. The number of para-hydroxylation sites is 4. The van der Waals surface area contributed by atoms with Gasteiger partial charge in [0.05, 0.1) is 33.1 Å². The molecule has 0 amide bonds. The number of rotatable bonds is 2. The summed E-state index contributed by atoms with van der Waals surface area (Å²) in [5.74, 6) is 0. The van der Waals surface area contributed by atoms with Crippen molar-refractivity contribution in [3.05, 3.63) is 146 Å². The minimum Gasteiger partial charge on any atom is -0.308 e. The predicted octanol–water partition coefficient (Wildman–Crippen LogP) is 11.3. The lowest BCUT2D eigenvalue weighted by Crippen LogP contribution is -1.84. The van der Waals surface area contributed by atoms with Crippen molar-refractivity contribution in [2.24, 2.45) is 0 Å². The molecule has 0 fully saturated rings. The Labute approximate surface area is 252 Å². The lowest BCUT2D eigenvalue weighted by molar-refractivity contribution is 1.37. The number of benzene rings is 7. The van der Waals surface area contributed by atoms with E-state index in [9.17, 15) is 0 Å². The maximum absolute atomic E-state index is 2.44. The van der Waals surface area contributed by atoms with Gasteiger partial charge in [-0.1, -0.05) is 103 Å². The Morgan fingerprint density at radius 2 is 0.614 bits per heavy atom. The van der Waals surface area contributed by atoms with Crippen LogP contribution < -0.4 is 0 Å². The number of nitrogens with zero attached hydrogens (tertiary/aromatic N) is 2. The van der Waals surface area contributed by atoms with Gasteiger partial charge in [0, 0.05) is 43.1 Å². The van der Waals surface area contributed by atoms with Gasteiger partial charge in [0.1, 0.15) is 0 Å². The summed E-state index contributed by atoms with van der Waals surface area (Å²) in [6, 6.07) is 53.9. The van der Waals surface area contributed by atoms with E-state index in [1.54, 1.807) is 0 Å². The van der Waals surface area contributed by atoms with E-state index in [2.05, 4.69) is 154 Å². The monoisotopic (exact) mass is 556 g/mol. The molecule has 0 aliphatic carbocycles. The first-order valence-corrected chi connectivity index (χ1v) is 15.3. The van der Waals surface area contributed by atoms with Crippen LogP contribution in [0.1, 0.15) is 0 Å². The van der Waals surface area contributed by atoms with Gasteiger partial charge < -0.3 is 8.80 Å². The van der Waals surface area contributed by atoms with E-state index in [1.165, 1.54) is 98.4 Å². The molecule has 0 atom stereocenters. The fourth-order valence-corrected chi connectivity index (χ4v) is 8.10. The van der Waals surface area contributed by atoms with Gasteiger partial charge in [-0.3, -0.25) is 0 Å². The number of hydrogen-bond donors (Lipinski definition) is 0. The summed E-state index contributed by atoms with van der Waals surface area (Å²) in [6.45, 7) is 0. The molecule has 202 valence electrons. The first kappa shape index (κ1) is 22.7.